The van der Waals surface area contributed by atoms with Gasteiger partial charge in [-0.25, -0.2) is 13.1 Å². The lowest BCUT2D eigenvalue weighted by Crippen LogP contribution is -2.50. The van der Waals surface area contributed by atoms with Gasteiger partial charge in [0, 0.05) is 29.9 Å². The van der Waals surface area contributed by atoms with E-state index < -0.39 is 10.0 Å². The summed E-state index contributed by atoms with van der Waals surface area (Å²) in [7, 11) is -3.49. The van der Waals surface area contributed by atoms with Crippen LogP contribution in [0.1, 0.15) is 38.5 Å². The van der Waals surface area contributed by atoms with E-state index in [1.54, 1.807) is 11.0 Å². The third-order valence-corrected chi connectivity index (χ3v) is 7.04. The second kappa shape index (κ2) is 7.10. The van der Waals surface area contributed by atoms with Crippen molar-refractivity contribution in [3.8, 4) is 0 Å². The average Bonchev–Trinajstić information content (AvgIpc) is 2.96. The van der Waals surface area contributed by atoms with Crippen LogP contribution in [-0.2, 0) is 21.2 Å². The van der Waals surface area contributed by atoms with Crippen LogP contribution >= 0.6 is 11.3 Å². The number of thiophene rings is 1. The van der Waals surface area contributed by atoms with E-state index in [-0.39, 0.29) is 17.9 Å². The number of aryl methyl sites for hydroxylation is 1. The highest BCUT2D eigenvalue weighted by atomic mass is 32.2. The molecule has 2 rings (SSSR count). The summed E-state index contributed by atoms with van der Waals surface area (Å²) in [6.45, 7) is 6.92. The first kappa shape index (κ1) is 17.4. The third-order valence-electron chi connectivity index (χ3n) is 3.80. The van der Waals surface area contributed by atoms with Gasteiger partial charge in [-0.15, -0.1) is 11.3 Å². The highest BCUT2D eigenvalue weighted by Gasteiger charge is 2.28. The molecular formula is C15H24N2O3S2. The number of carbonyl (C=O) groups is 1. The van der Waals surface area contributed by atoms with E-state index >= 15 is 0 Å². The molecule has 1 amide bonds. The highest BCUT2D eigenvalue weighted by molar-refractivity contribution is 7.91. The van der Waals surface area contributed by atoms with E-state index in [9.17, 15) is 13.2 Å². The van der Waals surface area contributed by atoms with Crippen molar-refractivity contribution in [1.82, 2.24) is 9.62 Å². The summed E-state index contributed by atoms with van der Waals surface area (Å²) in [5, 5.41) is 0. The summed E-state index contributed by atoms with van der Waals surface area (Å²) in [6.07, 6.45) is 2.43. The molecule has 7 heteroatoms. The first-order valence-electron chi connectivity index (χ1n) is 7.73. The van der Waals surface area contributed by atoms with E-state index in [2.05, 4.69) is 4.72 Å². The number of hydrogen-bond donors (Lipinski definition) is 1. The molecule has 0 bridgehead atoms. The van der Waals surface area contributed by atoms with E-state index in [1.165, 1.54) is 11.3 Å². The Labute approximate surface area is 136 Å². The number of piperidine rings is 1. The van der Waals surface area contributed by atoms with Crippen LogP contribution in [0.3, 0.4) is 0 Å². The molecule has 2 heterocycles. The van der Waals surface area contributed by atoms with Gasteiger partial charge in [-0.2, -0.15) is 0 Å². The number of amides is 1. The Bertz CT molecular complexity index is 622. The lowest BCUT2D eigenvalue weighted by Gasteiger charge is -2.34. The number of nitrogens with one attached hydrogen (secondary N) is 1. The van der Waals surface area contributed by atoms with Crippen LogP contribution in [0.5, 0.6) is 0 Å². The number of hydrogen-bond acceptors (Lipinski definition) is 4. The minimum absolute atomic E-state index is 0.0558. The van der Waals surface area contributed by atoms with Gasteiger partial charge in [0.15, 0.2) is 0 Å². The van der Waals surface area contributed by atoms with Crippen molar-refractivity contribution in [3.63, 3.8) is 0 Å². The minimum atomic E-state index is -3.49. The first-order valence-corrected chi connectivity index (χ1v) is 10.0. The van der Waals surface area contributed by atoms with Crippen LogP contribution in [0.25, 0.3) is 0 Å². The zero-order chi connectivity index (χ0) is 16.3. The second-order valence-corrected chi connectivity index (χ2v) is 9.08. The molecule has 1 unspecified atom stereocenters. The van der Waals surface area contributed by atoms with Gasteiger partial charge in [0.1, 0.15) is 4.21 Å². The molecule has 1 aliphatic rings. The fourth-order valence-electron chi connectivity index (χ4n) is 2.61. The van der Waals surface area contributed by atoms with Crippen molar-refractivity contribution < 1.29 is 13.2 Å². The van der Waals surface area contributed by atoms with Gasteiger partial charge in [-0.1, -0.05) is 20.8 Å². The number of rotatable bonds is 5. The number of sulfonamides is 1. The second-order valence-electron chi connectivity index (χ2n) is 5.97. The first-order chi connectivity index (χ1) is 10.3. The molecule has 0 aliphatic carbocycles. The van der Waals surface area contributed by atoms with Crippen LogP contribution in [0.2, 0.25) is 0 Å². The van der Waals surface area contributed by atoms with Crippen molar-refractivity contribution in [2.75, 3.05) is 13.1 Å². The van der Waals surface area contributed by atoms with Crippen molar-refractivity contribution in [2.24, 2.45) is 5.92 Å². The quantitative estimate of drug-likeness (QED) is 0.891. The van der Waals surface area contributed by atoms with Crippen LogP contribution in [0.15, 0.2) is 16.3 Å². The van der Waals surface area contributed by atoms with Crippen LogP contribution in [-0.4, -0.2) is 38.4 Å². The molecule has 1 saturated heterocycles. The zero-order valence-corrected chi connectivity index (χ0v) is 15.0. The SMILES string of the molecule is CCc1ccc(S(=O)(=O)NC2CCCN(C(=O)C(C)C)C2)s1. The monoisotopic (exact) mass is 344 g/mol. The topological polar surface area (TPSA) is 66.5 Å². The summed E-state index contributed by atoms with van der Waals surface area (Å²) in [4.78, 5) is 14.9. The van der Waals surface area contributed by atoms with Gasteiger partial charge in [0.05, 0.1) is 0 Å². The van der Waals surface area contributed by atoms with Gasteiger partial charge in [-0.3, -0.25) is 4.79 Å². The number of carbonyl (C=O) groups excluding carboxylic acids is 1. The highest BCUT2D eigenvalue weighted by Crippen LogP contribution is 2.23. The van der Waals surface area contributed by atoms with Gasteiger partial charge >= 0.3 is 0 Å². The average molecular weight is 345 g/mol. The lowest BCUT2D eigenvalue weighted by atomic mass is 10.0. The third kappa shape index (κ3) is 4.08. The lowest BCUT2D eigenvalue weighted by molar-refractivity contribution is -0.135. The van der Waals surface area contributed by atoms with E-state index in [1.807, 2.05) is 26.8 Å². The maximum absolute atomic E-state index is 12.4. The maximum Gasteiger partial charge on any atom is 0.250 e. The van der Waals surface area contributed by atoms with Crippen LogP contribution < -0.4 is 4.72 Å². The Morgan fingerprint density at radius 2 is 2.18 bits per heavy atom. The normalized spacial score (nSPS) is 19.6. The van der Waals surface area contributed by atoms with Gasteiger partial charge in [0.25, 0.3) is 0 Å². The molecule has 22 heavy (non-hydrogen) atoms. The van der Waals surface area contributed by atoms with Crippen molar-refractivity contribution >= 4 is 27.3 Å². The predicted octanol–water partition coefficient (Wildman–Crippen LogP) is 2.24. The molecule has 1 N–H and O–H groups in total. The molecule has 0 saturated carbocycles. The molecule has 1 fully saturated rings. The standard InChI is InChI=1S/C15H24N2O3S2/c1-4-13-7-8-14(21-13)22(19,20)16-12-6-5-9-17(10-12)15(18)11(2)3/h7-8,11-12,16H,4-6,9-10H2,1-3H3. The van der Waals surface area contributed by atoms with Crippen molar-refractivity contribution in [1.29, 1.82) is 0 Å². The summed E-state index contributed by atoms with van der Waals surface area (Å²) in [5.74, 6) is 0.0352. The molecule has 124 valence electrons. The summed E-state index contributed by atoms with van der Waals surface area (Å²) >= 11 is 1.31. The van der Waals surface area contributed by atoms with E-state index in [0.29, 0.717) is 17.3 Å². The Kier molecular flexibility index (Phi) is 5.63. The molecule has 1 aliphatic heterocycles. The molecule has 1 aromatic heterocycles. The van der Waals surface area contributed by atoms with Crippen LogP contribution in [0, 0.1) is 5.92 Å². The van der Waals surface area contributed by atoms with Gasteiger partial charge < -0.3 is 4.90 Å². The fraction of sp³-hybridized carbons (Fsp3) is 0.667. The number of nitrogens with zero attached hydrogens (tertiary/aromatic N) is 1. The summed E-state index contributed by atoms with van der Waals surface area (Å²) in [6, 6.07) is 3.31. The minimum Gasteiger partial charge on any atom is -0.341 e. The Morgan fingerprint density at radius 3 is 2.77 bits per heavy atom. The van der Waals surface area contributed by atoms with Crippen LogP contribution in [0.4, 0.5) is 0 Å². The molecule has 5 nitrogen and oxygen atoms in total. The van der Waals surface area contributed by atoms with E-state index in [0.717, 1.165) is 24.1 Å². The molecule has 0 radical (unpaired) electrons. The Morgan fingerprint density at radius 1 is 1.45 bits per heavy atom. The maximum atomic E-state index is 12.4. The zero-order valence-electron chi connectivity index (χ0n) is 13.3. The van der Waals surface area contributed by atoms with Crippen molar-refractivity contribution in [3.05, 3.63) is 17.0 Å². The number of likely N-dealkylation sites (tertiary alicyclic amines) is 1. The van der Waals surface area contributed by atoms with Gasteiger partial charge in [0.2, 0.25) is 15.9 Å². The van der Waals surface area contributed by atoms with E-state index in [4.69, 9.17) is 0 Å². The predicted molar refractivity (Wildman–Crippen MR) is 88.5 cm³/mol. The molecular weight excluding hydrogens is 320 g/mol. The largest absolute Gasteiger partial charge is 0.341 e. The smallest absolute Gasteiger partial charge is 0.250 e. The van der Waals surface area contributed by atoms with Gasteiger partial charge in [-0.05, 0) is 31.4 Å². The Hall–Kier alpha value is -0.920. The Balaban J connectivity index is 2.04. The molecule has 1 aromatic rings. The fourth-order valence-corrected chi connectivity index (χ4v) is 5.18. The molecule has 1 atom stereocenters. The molecule has 0 spiro atoms. The van der Waals surface area contributed by atoms with Crippen molar-refractivity contribution in [2.45, 2.75) is 50.3 Å². The summed E-state index contributed by atoms with van der Waals surface area (Å²) < 4.78 is 28.0. The summed E-state index contributed by atoms with van der Waals surface area (Å²) in [5.41, 5.74) is 0. The molecule has 0 aromatic carbocycles.